The summed E-state index contributed by atoms with van der Waals surface area (Å²) in [5, 5.41) is 3.16. The number of benzene rings is 2. The number of aromatic nitrogens is 1. The maximum atomic E-state index is 13.4. The molecule has 0 spiro atoms. The number of hydrogen-bond acceptors (Lipinski definition) is 5. The van der Waals surface area contributed by atoms with E-state index in [0.29, 0.717) is 28.3 Å². The Hall–Kier alpha value is -3.93. The molecule has 31 heavy (non-hydrogen) atoms. The van der Waals surface area contributed by atoms with E-state index in [1.807, 2.05) is 50.2 Å². The van der Waals surface area contributed by atoms with E-state index < -0.39 is 0 Å². The smallest absolute Gasteiger partial charge is 0.278 e. The molecule has 0 radical (unpaired) electrons. The van der Waals surface area contributed by atoms with Crippen LogP contribution in [0.15, 0.2) is 72.6 Å². The van der Waals surface area contributed by atoms with Gasteiger partial charge in [0.2, 0.25) is 0 Å². The van der Waals surface area contributed by atoms with Crippen LogP contribution in [-0.2, 0) is 16.1 Å². The first-order chi connectivity index (χ1) is 15.0. The minimum absolute atomic E-state index is 0.112. The fourth-order valence-corrected chi connectivity index (χ4v) is 3.47. The highest BCUT2D eigenvalue weighted by Crippen LogP contribution is 2.32. The van der Waals surface area contributed by atoms with Gasteiger partial charge in [-0.05, 0) is 66.9 Å². The topological polar surface area (TPSA) is 71.5 Å². The average Bonchev–Trinajstić information content (AvgIpc) is 3.01. The summed E-state index contributed by atoms with van der Waals surface area (Å²) >= 11 is 0. The van der Waals surface area contributed by atoms with Gasteiger partial charge in [-0.15, -0.1) is 0 Å². The number of carbonyl (C=O) groups is 2. The van der Waals surface area contributed by atoms with Gasteiger partial charge < -0.3 is 10.1 Å². The third-order valence-corrected chi connectivity index (χ3v) is 5.37. The molecule has 0 saturated carbocycles. The Morgan fingerprint density at radius 1 is 0.935 bits per heavy atom. The van der Waals surface area contributed by atoms with Crippen molar-refractivity contribution in [2.24, 2.45) is 0 Å². The first kappa shape index (κ1) is 20.3. The number of ether oxygens (including phenoxy) is 1. The van der Waals surface area contributed by atoms with Crippen LogP contribution >= 0.6 is 0 Å². The van der Waals surface area contributed by atoms with Gasteiger partial charge >= 0.3 is 0 Å². The van der Waals surface area contributed by atoms with Crippen LogP contribution in [0.25, 0.3) is 5.57 Å². The van der Waals surface area contributed by atoms with Crippen molar-refractivity contribution in [1.29, 1.82) is 0 Å². The molecule has 0 saturated heterocycles. The van der Waals surface area contributed by atoms with Crippen molar-refractivity contribution >= 4 is 23.1 Å². The number of carbonyl (C=O) groups excluding carboxylic acids is 2. The Morgan fingerprint density at radius 2 is 1.71 bits per heavy atom. The third-order valence-electron chi connectivity index (χ3n) is 5.37. The number of amides is 2. The molecule has 0 unspecified atom stereocenters. The molecule has 6 heteroatoms. The van der Waals surface area contributed by atoms with Crippen LogP contribution < -0.4 is 10.1 Å². The number of nitrogens with zero attached hydrogens (tertiary/aromatic N) is 2. The number of imide groups is 1. The number of hydrogen-bond donors (Lipinski definition) is 1. The second kappa shape index (κ2) is 8.44. The first-order valence-corrected chi connectivity index (χ1v) is 9.97. The number of methoxy groups -OCH3 is 1. The van der Waals surface area contributed by atoms with E-state index in [2.05, 4.69) is 10.3 Å². The van der Waals surface area contributed by atoms with Crippen molar-refractivity contribution < 1.29 is 14.3 Å². The van der Waals surface area contributed by atoms with Gasteiger partial charge in [0, 0.05) is 11.9 Å². The molecule has 0 bridgehead atoms. The van der Waals surface area contributed by atoms with E-state index >= 15 is 0 Å². The highest BCUT2D eigenvalue weighted by atomic mass is 16.5. The largest absolute Gasteiger partial charge is 0.497 e. The summed E-state index contributed by atoms with van der Waals surface area (Å²) in [6, 6.07) is 18.4. The predicted octanol–water partition coefficient (Wildman–Crippen LogP) is 4.10. The Bertz CT molecular complexity index is 1170. The van der Waals surface area contributed by atoms with E-state index in [1.165, 1.54) is 4.90 Å². The molecule has 0 aliphatic carbocycles. The SMILES string of the molecule is COc1ccc(NC2=C(c3ccc(C)c(C)c3)C(=O)N(Cc3ccccn3)C2=O)cc1. The second-order valence-corrected chi connectivity index (χ2v) is 7.42. The Balaban J connectivity index is 1.75. The molecule has 1 aromatic heterocycles. The standard InChI is InChI=1S/C25H23N3O3/c1-16-7-8-18(14-17(16)2)22-23(27-19-9-11-21(31-3)12-10-19)25(30)28(24(22)29)15-20-6-4-5-13-26-20/h4-14,27H,15H2,1-3H3. The van der Waals surface area contributed by atoms with Crippen molar-refractivity contribution in [3.63, 3.8) is 0 Å². The number of anilines is 1. The molecular weight excluding hydrogens is 390 g/mol. The highest BCUT2D eigenvalue weighted by molar-refractivity contribution is 6.36. The lowest BCUT2D eigenvalue weighted by Gasteiger charge is -2.15. The summed E-state index contributed by atoms with van der Waals surface area (Å²) < 4.78 is 5.20. The first-order valence-electron chi connectivity index (χ1n) is 9.97. The predicted molar refractivity (Wildman–Crippen MR) is 119 cm³/mol. The van der Waals surface area contributed by atoms with Crippen LogP contribution in [0.4, 0.5) is 5.69 Å². The third kappa shape index (κ3) is 4.05. The maximum absolute atomic E-state index is 13.4. The minimum atomic E-state index is -0.375. The summed E-state index contributed by atoms with van der Waals surface area (Å²) in [7, 11) is 1.59. The fourth-order valence-electron chi connectivity index (χ4n) is 3.47. The van der Waals surface area contributed by atoms with E-state index in [-0.39, 0.29) is 24.1 Å². The molecule has 1 aliphatic heterocycles. The Morgan fingerprint density at radius 3 is 2.35 bits per heavy atom. The summed E-state index contributed by atoms with van der Waals surface area (Å²) in [6.45, 7) is 4.11. The summed E-state index contributed by atoms with van der Waals surface area (Å²) in [5.74, 6) is -0.00543. The van der Waals surface area contributed by atoms with Crippen LogP contribution in [-0.4, -0.2) is 28.8 Å². The summed E-state index contributed by atoms with van der Waals surface area (Å²) in [4.78, 5) is 32.2. The van der Waals surface area contributed by atoms with E-state index in [4.69, 9.17) is 4.74 Å². The normalized spacial score (nSPS) is 13.7. The molecule has 4 rings (SSSR count). The van der Waals surface area contributed by atoms with Crippen molar-refractivity contribution in [3.05, 3.63) is 94.9 Å². The van der Waals surface area contributed by atoms with Crippen LogP contribution in [0.3, 0.4) is 0 Å². The zero-order chi connectivity index (χ0) is 22.0. The van der Waals surface area contributed by atoms with Gasteiger partial charge in [-0.1, -0.05) is 24.3 Å². The van der Waals surface area contributed by atoms with Crippen LogP contribution in [0.2, 0.25) is 0 Å². The van der Waals surface area contributed by atoms with Crippen LogP contribution in [0, 0.1) is 13.8 Å². The van der Waals surface area contributed by atoms with Gasteiger partial charge in [0.1, 0.15) is 11.4 Å². The number of pyridine rings is 1. The maximum Gasteiger partial charge on any atom is 0.278 e. The number of rotatable bonds is 6. The van der Waals surface area contributed by atoms with Gasteiger partial charge in [-0.2, -0.15) is 0 Å². The highest BCUT2D eigenvalue weighted by Gasteiger charge is 2.39. The Kier molecular flexibility index (Phi) is 5.54. The zero-order valence-corrected chi connectivity index (χ0v) is 17.7. The number of nitrogens with one attached hydrogen (secondary N) is 1. The molecule has 2 heterocycles. The molecule has 2 aromatic carbocycles. The lowest BCUT2D eigenvalue weighted by atomic mass is 9.99. The van der Waals surface area contributed by atoms with Crippen LogP contribution in [0.1, 0.15) is 22.4 Å². The van der Waals surface area contributed by atoms with Crippen molar-refractivity contribution in [3.8, 4) is 5.75 Å². The van der Waals surface area contributed by atoms with Crippen molar-refractivity contribution in [2.75, 3.05) is 12.4 Å². The van der Waals surface area contributed by atoms with Gasteiger partial charge in [0.25, 0.3) is 11.8 Å². The quantitative estimate of drug-likeness (QED) is 0.616. The van der Waals surface area contributed by atoms with Gasteiger partial charge in [0.15, 0.2) is 0 Å². The van der Waals surface area contributed by atoms with E-state index in [9.17, 15) is 9.59 Å². The van der Waals surface area contributed by atoms with E-state index in [0.717, 1.165) is 11.1 Å². The summed E-state index contributed by atoms with van der Waals surface area (Å²) in [6.07, 6.45) is 1.65. The minimum Gasteiger partial charge on any atom is -0.497 e. The second-order valence-electron chi connectivity index (χ2n) is 7.42. The fraction of sp³-hybridized carbons (Fsp3) is 0.160. The molecule has 0 atom stereocenters. The zero-order valence-electron chi connectivity index (χ0n) is 17.7. The molecule has 1 aliphatic rings. The van der Waals surface area contributed by atoms with Gasteiger partial charge in [0.05, 0.1) is 24.9 Å². The van der Waals surface area contributed by atoms with Gasteiger partial charge in [-0.25, -0.2) is 0 Å². The number of aryl methyl sites for hydroxylation is 2. The van der Waals surface area contributed by atoms with Crippen molar-refractivity contribution in [2.45, 2.75) is 20.4 Å². The molecule has 6 nitrogen and oxygen atoms in total. The van der Waals surface area contributed by atoms with E-state index in [1.54, 1.807) is 37.6 Å². The molecular formula is C25H23N3O3. The molecule has 2 amide bonds. The molecule has 0 fully saturated rings. The molecule has 156 valence electrons. The average molecular weight is 413 g/mol. The van der Waals surface area contributed by atoms with Crippen LogP contribution in [0.5, 0.6) is 5.75 Å². The molecule has 3 aromatic rings. The lowest BCUT2D eigenvalue weighted by molar-refractivity contribution is -0.137. The lowest BCUT2D eigenvalue weighted by Crippen LogP contribution is -2.32. The summed E-state index contributed by atoms with van der Waals surface area (Å²) in [5.41, 5.74) is 4.84. The monoisotopic (exact) mass is 413 g/mol. The molecule has 1 N–H and O–H groups in total. The Labute approximate surface area is 181 Å². The van der Waals surface area contributed by atoms with Crippen molar-refractivity contribution in [1.82, 2.24) is 9.88 Å². The van der Waals surface area contributed by atoms with Gasteiger partial charge in [-0.3, -0.25) is 19.5 Å².